The van der Waals surface area contributed by atoms with E-state index in [0.29, 0.717) is 5.92 Å². The predicted octanol–water partition coefficient (Wildman–Crippen LogP) is 6.47. The average molecular weight is 355 g/mol. The first-order chi connectivity index (χ1) is 12.7. The monoisotopic (exact) mass is 354 g/mol. The molecule has 0 fully saturated rings. The molecule has 1 aromatic heterocycles. The van der Waals surface area contributed by atoms with Gasteiger partial charge in [-0.2, -0.15) is 10.2 Å². The van der Waals surface area contributed by atoms with Crippen molar-refractivity contribution < 1.29 is 4.74 Å². The zero-order chi connectivity index (χ0) is 18.6. The van der Waals surface area contributed by atoms with Crippen LogP contribution >= 0.6 is 0 Å². The van der Waals surface area contributed by atoms with Crippen molar-refractivity contribution in [3.63, 3.8) is 0 Å². The van der Waals surface area contributed by atoms with Gasteiger partial charge in [-0.25, -0.2) is 0 Å². The molecule has 2 aromatic rings. The quantitative estimate of drug-likeness (QED) is 0.410. The van der Waals surface area contributed by atoms with Gasteiger partial charge in [-0.3, -0.25) is 0 Å². The Morgan fingerprint density at radius 2 is 1.58 bits per heavy atom. The van der Waals surface area contributed by atoms with E-state index in [1.165, 1.54) is 38.5 Å². The molecule has 0 radical (unpaired) electrons. The number of benzene rings is 1. The summed E-state index contributed by atoms with van der Waals surface area (Å²) in [7, 11) is 0. The number of ether oxygens (including phenoxy) is 1. The number of hydrogen-bond acceptors (Lipinski definition) is 3. The molecular weight excluding hydrogens is 320 g/mol. The second-order valence-corrected chi connectivity index (χ2v) is 7.28. The van der Waals surface area contributed by atoms with E-state index in [9.17, 15) is 0 Å². The Labute approximate surface area is 159 Å². The minimum atomic E-state index is 0.583. The van der Waals surface area contributed by atoms with Crippen LogP contribution in [0.15, 0.2) is 36.4 Å². The highest BCUT2D eigenvalue weighted by Crippen LogP contribution is 2.21. The van der Waals surface area contributed by atoms with E-state index < -0.39 is 0 Å². The van der Waals surface area contributed by atoms with E-state index >= 15 is 0 Å². The highest BCUT2D eigenvalue weighted by Gasteiger charge is 2.04. The average Bonchev–Trinajstić information content (AvgIpc) is 2.69. The fourth-order valence-electron chi connectivity index (χ4n) is 2.81. The molecule has 26 heavy (non-hydrogen) atoms. The Morgan fingerprint density at radius 1 is 0.846 bits per heavy atom. The van der Waals surface area contributed by atoms with Crippen LogP contribution in [0.2, 0.25) is 0 Å². The van der Waals surface area contributed by atoms with E-state index in [1.54, 1.807) is 0 Å². The van der Waals surface area contributed by atoms with Crippen molar-refractivity contribution in [1.82, 2.24) is 10.2 Å². The smallest absolute Gasteiger partial charge is 0.119 e. The molecule has 1 heterocycles. The van der Waals surface area contributed by atoms with Gasteiger partial charge in [0.2, 0.25) is 0 Å². The number of aryl methyl sites for hydroxylation is 1. The van der Waals surface area contributed by atoms with Gasteiger partial charge in [-0.15, -0.1) is 0 Å². The van der Waals surface area contributed by atoms with Crippen molar-refractivity contribution in [2.45, 2.75) is 72.1 Å². The summed E-state index contributed by atoms with van der Waals surface area (Å²) >= 11 is 0. The Balaban J connectivity index is 1.80. The molecule has 0 spiro atoms. The molecule has 0 N–H and O–H groups in total. The second kappa shape index (κ2) is 11.7. The highest BCUT2D eigenvalue weighted by molar-refractivity contribution is 5.59. The van der Waals surface area contributed by atoms with Crippen LogP contribution in [0.3, 0.4) is 0 Å². The molecular formula is C23H34N2O. The third kappa shape index (κ3) is 7.15. The van der Waals surface area contributed by atoms with E-state index in [2.05, 4.69) is 55.2 Å². The van der Waals surface area contributed by atoms with Gasteiger partial charge in [-0.1, -0.05) is 59.3 Å². The molecule has 0 saturated carbocycles. The molecule has 1 aromatic carbocycles. The SMILES string of the molecule is CCCCCCCCc1ccc(-c2ccc(OCC(C)CC)cc2)nn1. The molecule has 3 heteroatoms. The molecule has 2 rings (SSSR count). The molecule has 1 atom stereocenters. The van der Waals surface area contributed by atoms with E-state index in [-0.39, 0.29) is 0 Å². The van der Waals surface area contributed by atoms with Crippen molar-refractivity contribution in [2.75, 3.05) is 6.61 Å². The molecule has 0 aliphatic rings. The molecule has 0 aliphatic carbocycles. The summed E-state index contributed by atoms with van der Waals surface area (Å²) in [6, 6.07) is 12.3. The maximum atomic E-state index is 5.81. The topological polar surface area (TPSA) is 35.0 Å². The van der Waals surface area contributed by atoms with Gasteiger partial charge in [0.05, 0.1) is 18.0 Å². The van der Waals surface area contributed by atoms with Crippen LogP contribution in [0.4, 0.5) is 0 Å². The van der Waals surface area contributed by atoms with Crippen molar-refractivity contribution >= 4 is 0 Å². The second-order valence-electron chi connectivity index (χ2n) is 7.28. The lowest BCUT2D eigenvalue weighted by molar-refractivity contribution is 0.256. The van der Waals surface area contributed by atoms with Crippen molar-refractivity contribution in [2.24, 2.45) is 5.92 Å². The maximum Gasteiger partial charge on any atom is 0.119 e. The van der Waals surface area contributed by atoms with Gasteiger partial charge in [-0.05, 0) is 55.2 Å². The van der Waals surface area contributed by atoms with Crippen LogP contribution in [0.25, 0.3) is 11.3 Å². The molecule has 0 bridgehead atoms. The van der Waals surface area contributed by atoms with Crippen LogP contribution < -0.4 is 4.74 Å². The van der Waals surface area contributed by atoms with Crippen LogP contribution in [0.5, 0.6) is 5.75 Å². The number of hydrogen-bond donors (Lipinski definition) is 0. The molecule has 142 valence electrons. The van der Waals surface area contributed by atoms with Crippen molar-refractivity contribution in [1.29, 1.82) is 0 Å². The van der Waals surface area contributed by atoms with Gasteiger partial charge in [0.25, 0.3) is 0 Å². The Morgan fingerprint density at radius 3 is 2.23 bits per heavy atom. The van der Waals surface area contributed by atoms with Gasteiger partial charge in [0.1, 0.15) is 5.75 Å². The van der Waals surface area contributed by atoms with Gasteiger partial charge >= 0.3 is 0 Å². The minimum Gasteiger partial charge on any atom is -0.493 e. The maximum absolute atomic E-state index is 5.81. The normalized spacial score (nSPS) is 12.1. The number of rotatable bonds is 12. The van der Waals surface area contributed by atoms with E-state index in [0.717, 1.165) is 42.1 Å². The van der Waals surface area contributed by atoms with Crippen molar-refractivity contribution in [3.8, 4) is 17.0 Å². The number of unbranched alkanes of at least 4 members (excludes halogenated alkanes) is 5. The molecule has 0 amide bonds. The van der Waals surface area contributed by atoms with Crippen LogP contribution in [-0.4, -0.2) is 16.8 Å². The lowest BCUT2D eigenvalue weighted by atomic mass is 10.1. The summed E-state index contributed by atoms with van der Waals surface area (Å²) < 4.78 is 5.81. The highest BCUT2D eigenvalue weighted by atomic mass is 16.5. The van der Waals surface area contributed by atoms with Crippen LogP contribution in [0, 0.1) is 5.92 Å². The summed E-state index contributed by atoms with van der Waals surface area (Å²) in [5.41, 5.74) is 3.10. The minimum absolute atomic E-state index is 0.583. The molecule has 0 saturated heterocycles. The Hall–Kier alpha value is -1.90. The third-order valence-corrected chi connectivity index (χ3v) is 4.89. The van der Waals surface area contributed by atoms with Crippen LogP contribution in [-0.2, 0) is 6.42 Å². The largest absolute Gasteiger partial charge is 0.493 e. The van der Waals surface area contributed by atoms with Gasteiger partial charge < -0.3 is 4.74 Å². The van der Waals surface area contributed by atoms with Crippen LogP contribution in [0.1, 0.15) is 71.4 Å². The molecule has 3 nitrogen and oxygen atoms in total. The van der Waals surface area contributed by atoms with E-state index in [1.807, 2.05) is 12.1 Å². The number of nitrogens with zero attached hydrogens (tertiary/aromatic N) is 2. The first-order valence-electron chi connectivity index (χ1n) is 10.3. The third-order valence-electron chi connectivity index (χ3n) is 4.89. The summed E-state index contributed by atoms with van der Waals surface area (Å²) in [6.45, 7) is 7.41. The standard InChI is InChI=1S/C23H34N2O/c1-4-6-7-8-9-10-11-21-14-17-23(25-24-21)20-12-15-22(16-13-20)26-18-19(3)5-2/h12-17,19H,4-11,18H2,1-3H3. The first-order valence-corrected chi connectivity index (χ1v) is 10.3. The lowest BCUT2D eigenvalue weighted by Crippen LogP contribution is -2.07. The van der Waals surface area contributed by atoms with Gasteiger partial charge in [0, 0.05) is 5.56 Å². The summed E-state index contributed by atoms with van der Waals surface area (Å²) in [4.78, 5) is 0. The van der Waals surface area contributed by atoms with Gasteiger partial charge in [0.15, 0.2) is 0 Å². The van der Waals surface area contributed by atoms with E-state index in [4.69, 9.17) is 4.74 Å². The number of aromatic nitrogens is 2. The summed E-state index contributed by atoms with van der Waals surface area (Å²) in [6.07, 6.45) is 10.0. The summed E-state index contributed by atoms with van der Waals surface area (Å²) in [5, 5.41) is 8.80. The fraction of sp³-hybridized carbons (Fsp3) is 0.565. The van der Waals surface area contributed by atoms with Crippen molar-refractivity contribution in [3.05, 3.63) is 42.1 Å². The zero-order valence-corrected chi connectivity index (χ0v) is 16.7. The Bertz CT molecular complexity index is 607. The summed E-state index contributed by atoms with van der Waals surface area (Å²) in [5.74, 6) is 1.50. The molecule has 1 unspecified atom stereocenters. The Kier molecular flexibility index (Phi) is 9.16. The fourth-order valence-corrected chi connectivity index (χ4v) is 2.81. The zero-order valence-electron chi connectivity index (χ0n) is 16.7. The first kappa shape index (κ1) is 20.4. The predicted molar refractivity (Wildman–Crippen MR) is 109 cm³/mol. The molecule has 0 aliphatic heterocycles. The lowest BCUT2D eigenvalue weighted by Gasteiger charge is -2.11.